The van der Waals surface area contributed by atoms with Gasteiger partial charge >= 0.3 is 6.03 Å². The van der Waals surface area contributed by atoms with Gasteiger partial charge in [-0.2, -0.15) is 0 Å². The molecule has 8 heteroatoms. The highest BCUT2D eigenvalue weighted by molar-refractivity contribution is 5.94. The third-order valence-corrected chi connectivity index (χ3v) is 8.74. The largest absolute Gasteiger partial charge is 0.497 e. The molecule has 40 heavy (non-hydrogen) atoms. The Balaban J connectivity index is 0.00000216. The van der Waals surface area contributed by atoms with Crippen LogP contribution < -0.4 is 9.47 Å². The zero-order valence-electron chi connectivity index (χ0n) is 26.2. The molecule has 4 rings (SSSR count). The smallest absolute Gasteiger partial charge is 0.325 e. The fourth-order valence-electron chi connectivity index (χ4n) is 6.17. The summed E-state index contributed by atoms with van der Waals surface area (Å²) in [7, 11) is 7.18. The standard InChI is InChI=1S/C30H42N4O4.C2H6/c1-9-30(15-16-31(5)28(35)24-12-11-20(3)32(6)21(24)4)27-14-13-25-22(17-23(37-7)18-26(25)38-8)19-33(27)29(36)34(30)10-2;1-2/h11,14,17-18H,9-10,12-13,15-16,19H2,1-8H3;1-2H3. The number of carbonyl (C=O) groups is 2. The monoisotopic (exact) mass is 552 g/mol. The van der Waals surface area contributed by atoms with Crippen LogP contribution in [0, 0.1) is 0 Å². The Morgan fingerprint density at radius 3 is 2.38 bits per heavy atom. The highest BCUT2D eigenvalue weighted by atomic mass is 16.5. The van der Waals surface area contributed by atoms with Crippen LogP contribution in [0.3, 0.4) is 0 Å². The highest BCUT2D eigenvalue weighted by Crippen LogP contribution is 2.45. The van der Waals surface area contributed by atoms with Crippen LogP contribution in [0.15, 0.2) is 46.9 Å². The Labute approximate surface area is 240 Å². The number of ether oxygens (including phenoxy) is 2. The molecule has 3 aliphatic rings. The van der Waals surface area contributed by atoms with Crippen molar-refractivity contribution >= 4 is 11.9 Å². The summed E-state index contributed by atoms with van der Waals surface area (Å²) in [5.74, 6) is 1.54. The molecular weight excluding hydrogens is 504 g/mol. The van der Waals surface area contributed by atoms with E-state index >= 15 is 0 Å². The second-order valence-corrected chi connectivity index (χ2v) is 10.4. The normalized spacial score (nSPS) is 20.1. The number of amides is 3. The minimum Gasteiger partial charge on any atom is -0.497 e. The van der Waals surface area contributed by atoms with Crippen LogP contribution >= 0.6 is 0 Å². The molecule has 1 aromatic carbocycles. The average molecular weight is 553 g/mol. The summed E-state index contributed by atoms with van der Waals surface area (Å²) in [6.45, 7) is 13.9. The van der Waals surface area contributed by atoms with Crippen molar-refractivity contribution in [2.24, 2.45) is 0 Å². The zero-order chi connectivity index (χ0) is 29.8. The lowest BCUT2D eigenvalue weighted by Crippen LogP contribution is -2.48. The van der Waals surface area contributed by atoms with Crippen molar-refractivity contribution in [3.63, 3.8) is 0 Å². The maximum Gasteiger partial charge on any atom is 0.325 e. The molecule has 0 N–H and O–H groups in total. The first kappa shape index (κ1) is 31.1. The number of urea groups is 1. The van der Waals surface area contributed by atoms with E-state index in [1.165, 1.54) is 0 Å². The third kappa shape index (κ3) is 5.32. The second kappa shape index (κ2) is 12.8. The fraction of sp³-hybridized carbons (Fsp3) is 0.562. The Bertz CT molecular complexity index is 1220. The molecule has 1 atom stereocenters. The van der Waals surface area contributed by atoms with Gasteiger partial charge in [0, 0.05) is 61.5 Å². The Hall–Kier alpha value is -3.42. The van der Waals surface area contributed by atoms with Crippen LogP contribution in [0.2, 0.25) is 0 Å². The van der Waals surface area contributed by atoms with Crippen LogP contribution in [0.25, 0.3) is 0 Å². The highest BCUT2D eigenvalue weighted by Gasteiger charge is 2.52. The quantitative estimate of drug-likeness (QED) is 0.400. The number of carbonyl (C=O) groups excluding carboxylic acids is 2. The molecule has 0 bridgehead atoms. The van der Waals surface area contributed by atoms with Crippen LogP contribution in [0.5, 0.6) is 11.5 Å². The zero-order valence-corrected chi connectivity index (χ0v) is 26.2. The molecule has 0 spiro atoms. The van der Waals surface area contributed by atoms with Gasteiger partial charge in [-0.15, -0.1) is 0 Å². The number of hydrogen-bond acceptors (Lipinski definition) is 5. The van der Waals surface area contributed by atoms with Crippen LogP contribution in [0.4, 0.5) is 4.79 Å². The molecule has 0 radical (unpaired) electrons. The average Bonchev–Trinajstić information content (AvgIpc) is 3.08. The van der Waals surface area contributed by atoms with Gasteiger partial charge in [0.1, 0.15) is 11.5 Å². The molecule has 1 fully saturated rings. The summed E-state index contributed by atoms with van der Waals surface area (Å²) in [6.07, 6.45) is 7.04. The summed E-state index contributed by atoms with van der Waals surface area (Å²) in [5.41, 5.74) is 5.63. The summed E-state index contributed by atoms with van der Waals surface area (Å²) < 4.78 is 11.2. The van der Waals surface area contributed by atoms with E-state index < -0.39 is 5.54 Å². The van der Waals surface area contributed by atoms with Crippen LogP contribution in [-0.2, 0) is 17.8 Å². The number of hydrogen-bond donors (Lipinski definition) is 0. The van der Waals surface area contributed by atoms with Gasteiger partial charge in [-0.25, -0.2) is 4.79 Å². The molecule has 220 valence electrons. The van der Waals surface area contributed by atoms with Crippen molar-refractivity contribution in [2.45, 2.75) is 79.3 Å². The van der Waals surface area contributed by atoms with Crippen molar-refractivity contribution < 1.29 is 19.1 Å². The van der Waals surface area contributed by atoms with Crippen molar-refractivity contribution in [1.82, 2.24) is 19.6 Å². The molecule has 8 nitrogen and oxygen atoms in total. The summed E-state index contributed by atoms with van der Waals surface area (Å²) in [6, 6.07) is 3.92. The first-order valence-electron chi connectivity index (χ1n) is 14.5. The van der Waals surface area contributed by atoms with E-state index in [-0.39, 0.29) is 11.9 Å². The van der Waals surface area contributed by atoms with E-state index in [2.05, 4.69) is 30.9 Å². The van der Waals surface area contributed by atoms with E-state index in [4.69, 9.17) is 9.47 Å². The molecule has 1 aromatic rings. The molecule has 0 saturated carbocycles. The maximum atomic E-state index is 13.8. The van der Waals surface area contributed by atoms with Gasteiger partial charge in [-0.3, -0.25) is 9.69 Å². The first-order chi connectivity index (χ1) is 19.1. The number of rotatable bonds is 8. The molecule has 3 amide bonds. The van der Waals surface area contributed by atoms with Crippen LogP contribution in [0.1, 0.15) is 71.9 Å². The van der Waals surface area contributed by atoms with Crippen molar-refractivity contribution in [3.05, 3.63) is 58.1 Å². The van der Waals surface area contributed by atoms with Crippen molar-refractivity contribution in [3.8, 4) is 11.5 Å². The summed E-state index contributed by atoms with van der Waals surface area (Å²) in [5, 5.41) is 0. The van der Waals surface area contributed by atoms with E-state index in [1.54, 1.807) is 14.2 Å². The molecule has 3 aliphatic heterocycles. The van der Waals surface area contributed by atoms with E-state index in [1.807, 2.05) is 68.6 Å². The Morgan fingerprint density at radius 2 is 1.77 bits per heavy atom. The SMILES string of the molecule is CC.CCN1C(=O)N2Cc3cc(OC)cc(OC)c3CC=C2C1(CC)CCN(C)C(=O)C1=C(C)N(C)C(C)=CC1. The molecule has 1 unspecified atom stereocenters. The summed E-state index contributed by atoms with van der Waals surface area (Å²) >= 11 is 0. The maximum absolute atomic E-state index is 13.8. The molecular formula is C32H48N4O4. The Morgan fingerprint density at radius 1 is 1.07 bits per heavy atom. The van der Waals surface area contributed by atoms with Gasteiger partial charge in [0.2, 0.25) is 0 Å². The van der Waals surface area contributed by atoms with Gasteiger partial charge < -0.3 is 24.2 Å². The lowest BCUT2D eigenvalue weighted by Gasteiger charge is -2.38. The van der Waals surface area contributed by atoms with Crippen LogP contribution in [-0.4, -0.2) is 78.5 Å². The van der Waals surface area contributed by atoms with E-state index in [0.29, 0.717) is 44.6 Å². The number of methoxy groups -OCH3 is 2. The number of likely N-dealkylation sites (N-methyl/N-ethyl adjacent to an activating group) is 2. The second-order valence-electron chi connectivity index (χ2n) is 10.4. The lowest BCUT2D eigenvalue weighted by atomic mass is 9.86. The van der Waals surface area contributed by atoms with Crippen molar-refractivity contribution in [2.75, 3.05) is 41.4 Å². The molecule has 0 aromatic heterocycles. The predicted molar refractivity (Wildman–Crippen MR) is 160 cm³/mol. The van der Waals surface area contributed by atoms with Crippen molar-refractivity contribution in [1.29, 1.82) is 0 Å². The molecule has 0 aliphatic carbocycles. The lowest BCUT2D eigenvalue weighted by molar-refractivity contribution is -0.126. The van der Waals surface area contributed by atoms with Gasteiger partial charge in [0.05, 0.1) is 26.3 Å². The summed E-state index contributed by atoms with van der Waals surface area (Å²) in [4.78, 5) is 35.1. The van der Waals surface area contributed by atoms with E-state index in [9.17, 15) is 9.59 Å². The predicted octanol–water partition coefficient (Wildman–Crippen LogP) is 5.94. The minimum absolute atomic E-state index is 0.0114. The van der Waals surface area contributed by atoms with Gasteiger partial charge in [0.25, 0.3) is 5.91 Å². The van der Waals surface area contributed by atoms with E-state index in [0.717, 1.165) is 46.0 Å². The fourth-order valence-corrected chi connectivity index (χ4v) is 6.17. The molecule has 1 saturated heterocycles. The number of allylic oxidation sites excluding steroid dienone is 4. The Kier molecular flexibility index (Phi) is 9.98. The molecule has 3 heterocycles. The minimum atomic E-state index is -0.483. The topological polar surface area (TPSA) is 65.6 Å². The number of benzene rings is 1. The van der Waals surface area contributed by atoms with Gasteiger partial charge in [-0.05, 0) is 58.1 Å². The first-order valence-corrected chi connectivity index (χ1v) is 14.5. The number of fused-ring (bicyclic) bond motifs is 2. The van der Waals surface area contributed by atoms with Gasteiger partial charge in [0.15, 0.2) is 0 Å². The number of nitrogens with zero attached hydrogens (tertiary/aromatic N) is 4. The third-order valence-electron chi connectivity index (χ3n) is 8.74. The van der Waals surface area contributed by atoms with Gasteiger partial charge in [-0.1, -0.05) is 32.9 Å².